The van der Waals surface area contributed by atoms with Gasteiger partial charge in [0.05, 0.1) is 12.8 Å². The zero-order valence-corrected chi connectivity index (χ0v) is 18.5. The van der Waals surface area contributed by atoms with Gasteiger partial charge in [0.1, 0.15) is 24.7 Å². The van der Waals surface area contributed by atoms with E-state index in [1.807, 2.05) is 18.2 Å². The highest BCUT2D eigenvalue weighted by molar-refractivity contribution is 5.96. The summed E-state index contributed by atoms with van der Waals surface area (Å²) in [5.41, 5.74) is 3.28. The summed E-state index contributed by atoms with van der Waals surface area (Å²) in [6.45, 7) is 3.30. The average Bonchev–Trinajstić information content (AvgIpc) is 2.83. The highest BCUT2D eigenvalue weighted by Crippen LogP contribution is 2.21. The van der Waals surface area contributed by atoms with E-state index in [0.29, 0.717) is 12.2 Å². The number of fused-ring (bicyclic) bond motifs is 1. The highest BCUT2D eigenvalue weighted by atomic mass is 19.1. The van der Waals surface area contributed by atoms with E-state index in [1.165, 1.54) is 30.0 Å². The van der Waals surface area contributed by atoms with Gasteiger partial charge in [-0.1, -0.05) is 24.3 Å². The molecule has 33 heavy (non-hydrogen) atoms. The summed E-state index contributed by atoms with van der Waals surface area (Å²) in [5, 5.41) is 4.08. The molecule has 2 heterocycles. The number of aromatic nitrogens is 2. The Balaban J connectivity index is 1.39. The van der Waals surface area contributed by atoms with E-state index in [0.717, 1.165) is 41.9 Å². The fourth-order valence-corrected chi connectivity index (χ4v) is 3.79. The SMILES string of the molecule is COCCN1CCc2ccc(C(=O)Cn3ncc(OCc4ccc(F)cc4)cc3=O)cc2C1. The lowest BCUT2D eigenvalue weighted by molar-refractivity contribution is 0.0964. The standard InChI is InChI=1S/C25H26FN3O4/c1-32-11-10-28-9-8-19-4-5-20(12-21(19)15-28)24(30)16-29-25(31)13-23(14-27-29)33-17-18-2-6-22(26)7-3-18/h2-7,12-14H,8-11,15-17H2,1H3. The molecule has 0 spiro atoms. The zero-order valence-electron chi connectivity index (χ0n) is 18.5. The molecule has 2 aromatic carbocycles. The minimum atomic E-state index is -0.427. The van der Waals surface area contributed by atoms with Gasteiger partial charge in [-0.05, 0) is 41.3 Å². The molecule has 8 heteroatoms. The van der Waals surface area contributed by atoms with Crippen molar-refractivity contribution in [1.29, 1.82) is 0 Å². The molecule has 0 radical (unpaired) electrons. The summed E-state index contributed by atoms with van der Waals surface area (Å²) < 4.78 is 24.8. The summed E-state index contributed by atoms with van der Waals surface area (Å²) in [7, 11) is 1.69. The van der Waals surface area contributed by atoms with Gasteiger partial charge >= 0.3 is 0 Å². The third-order valence-corrected chi connectivity index (χ3v) is 5.69. The van der Waals surface area contributed by atoms with E-state index in [2.05, 4.69) is 10.00 Å². The average molecular weight is 451 g/mol. The number of nitrogens with zero attached hydrogens (tertiary/aromatic N) is 3. The number of ketones is 1. The van der Waals surface area contributed by atoms with Crippen LogP contribution in [-0.2, 0) is 30.9 Å². The lowest BCUT2D eigenvalue weighted by Gasteiger charge is -2.28. The number of halogens is 1. The van der Waals surface area contributed by atoms with Gasteiger partial charge in [0, 0.05) is 38.4 Å². The van der Waals surface area contributed by atoms with Crippen LogP contribution in [0.15, 0.2) is 59.5 Å². The van der Waals surface area contributed by atoms with Crippen molar-refractivity contribution < 1.29 is 18.7 Å². The first-order valence-electron chi connectivity index (χ1n) is 10.8. The Morgan fingerprint density at radius 2 is 1.94 bits per heavy atom. The zero-order chi connectivity index (χ0) is 23.2. The maximum absolute atomic E-state index is 13.0. The van der Waals surface area contributed by atoms with E-state index in [1.54, 1.807) is 19.2 Å². The Hall–Kier alpha value is -3.36. The number of carbonyl (C=O) groups is 1. The summed E-state index contributed by atoms with van der Waals surface area (Å²) in [5.74, 6) is -0.214. The van der Waals surface area contributed by atoms with Crippen molar-refractivity contribution >= 4 is 5.78 Å². The molecular weight excluding hydrogens is 425 g/mol. The number of rotatable bonds is 9. The van der Waals surface area contributed by atoms with Crippen LogP contribution in [0.4, 0.5) is 4.39 Å². The Morgan fingerprint density at radius 1 is 1.12 bits per heavy atom. The van der Waals surface area contributed by atoms with Gasteiger partial charge in [0.15, 0.2) is 5.78 Å². The third-order valence-electron chi connectivity index (χ3n) is 5.69. The Kier molecular flexibility index (Phi) is 7.26. The van der Waals surface area contributed by atoms with Crippen molar-refractivity contribution in [2.75, 3.05) is 26.8 Å². The first kappa shape index (κ1) is 22.8. The second-order valence-electron chi connectivity index (χ2n) is 8.03. The quantitative estimate of drug-likeness (QED) is 0.466. The molecule has 0 unspecified atom stereocenters. The van der Waals surface area contributed by atoms with Crippen molar-refractivity contribution in [1.82, 2.24) is 14.7 Å². The van der Waals surface area contributed by atoms with Crippen LogP contribution in [0.5, 0.6) is 5.75 Å². The predicted octanol–water partition coefficient (Wildman–Crippen LogP) is 2.85. The first-order valence-corrected chi connectivity index (χ1v) is 10.8. The normalized spacial score (nSPS) is 13.5. The van der Waals surface area contributed by atoms with Crippen LogP contribution in [0.2, 0.25) is 0 Å². The van der Waals surface area contributed by atoms with Crippen LogP contribution in [0, 0.1) is 5.82 Å². The smallest absolute Gasteiger partial charge is 0.270 e. The van der Waals surface area contributed by atoms with Crippen LogP contribution in [0.25, 0.3) is 0 Å². The molecule has 0 saturated carbocycles. The second-order valence-corrected chi connectivity index (χ2v) is 8.03. The minimum Gasteiger partial charge on any atom is -0.487 e. The number of ether oxygens (including phenoxy) is 2. The molecule has 1 aliphatic heterocycles. The summed E-state index contributed by atoms with van der Waals surface area (Å²) >= 11 is 0. The Labute approximate surface area is 191 Å². The van der Waals surface area contributed by atoms with Crippen molar-refractivity contribution in [3.05, 3.63) is 93.2 Å². The Morgan fingerprint density at radius 3 is 2.70 bits per heavy atom. The number of carbonyl (C=O) groups excluding carboxylic acids is 1. The predicted molar refractivity (Wildman–Crippen MR) is 121 cm³/mol. The lowest BCUT2D eigenvalue weighted by Crippen LogP contribution is -2.33. The van der Waals surface area contributed by atoms with Crippen molar-refractivity contribution in [3.8, 4) is 5.75 Å². The highest BCUT2D eigenvalue weighted by Gasteiger charge is 2.18. The second kappa shape index (κ2) is 10.5. The van der Waals surface area contributed by atoms with Gasteiger partial charge in [0.25, 0.3) is 5.56 Å². The fourth-order valence-electron chi connectivity index (χ4n) is 3.79. The number of hydrogen-bond acceptors (Lipinski definition) is 6. The Bertz CT molecular complexity index is 1180. The van der Waals surface area contributed by atoms with E-state index in [4.69, 9.17) is 9.47 Å². The van der Waals surface area contributed by atoms with Crippen molar-refractivity contribution in [3.63, 3.8) is 0 Å². The van der Waals surface area contributed by atoms with Crippen LogP contribution >= 0.6 is 0 Å². The van der Waals surface area contributed by atoms with Crippen LogP contribution in [-0.4, -0.2) is 47.3 Å². The van der Waals surface area contributed by atoms with E-state index < -0.39 is 5.56 Å². The van der Waals surface area contributed by atoms with Crippen LogP contribution in [0.1, 0.15) is 27.0 Å². The molecule has 0 saturated heterocycles. The summed E-state index contributed by atoms with van der Waals surface area (Å²) in [6, 6.07) is 12.9. The van der Waals surface area contributed by atoms with E-state index >= 15 is 0 Å². The largest absolute Gasteiger partial charge is 0.487 e. The number of hydrogen-bond donors (Lipinski definition) is 0. The molecule has 3 aromatic rings. The van der Waals surface area contributed by atoms with Gasteiger partial charge < -0.3 is 9.47 Å². The van der Waals surface area contributed by atoms with Crippen LogP contribution < -0.4 is 10.3 Å². The lowest BCUT2D eigenvalue weighted by atomic mass is 9.96. The molecule has 172 valence electrons. The van der Waals surface area contributed by atoms with E-state index in [9.17, 15) is 14.0 Å². The maximum Gasteiger partial charge on any atom is 0.270 e. The molecule has 0 bridgehead atoms. The van der Waals surface area contributed by atoms with E-state index in [-0.39, 0.29) is 30.5 Å². The molecule has 4 rings (SSSR count). The van der Waals surface area contributed by atoms with Crippen molar-refractivity contribution in [2.45, 2.75) is 26.1 Å². The molecule has 0 atom stereocenters. The molecule has 7 nitrogen and oxygen atoms in total. The molecule has 1 aromatic heterocycles. The third kappa shape index (κ3) is 5.91. The van der Waals surface area contributed by atoms with Gasteiger partial charge in [-0.15, -0.1) is 0 Å². The topological polar surface area (TPSA) is 73.7 Å². The van der Waals surface area contributed by atoms with Gasteiger partial charge in [-0.25, -0.2) is 9.07 Å². The fraction of sp³-hybridized carbons (Fsp3) is 0.320. The van der Waals surface area contributed by atoms with Gasteiger partial charge in [-0.2, -0.15) is 5.10 Å². The molecule has 0 amide bonds. The monoisotopic (exact) mass is 451 g/mol. The summed E-state index contributed by atoms with van der Waals surface area (Å²) in [4.78, 5) is 27.6. The first-order chi connectivity index (χ1) is 16.0. The van der Waals surface area contributed by atoms with Gasteiger partial charge in [0.2, 0.25) is 0 Å². The molecule has 0 aliphatic carbocycles. The molecule has 1 aliphatic rings. The van der Waals surface area contributed by atoms with Crippen molar-refractivity contribution in [2.24, 2.45) is 0 Å². The molecular formula is C25H26FN3O4. The minimum absolute atomic E-state index is 0.150. The number of methoxy groups -OCH3 is 1. The maximum atomic E-state index is 13.0. The number of Topliss-reactive ketones (excluding diaryl/α,β-unsaturated/α-hetero) is 1. The number of benzene rings is 2. The molecule has 0 fully saturated rings. The van der Waals surface area contributed by atoms with Gasteiger partial charge in [-0.3, -0.25) is 14.5 Å². The molecule has 0 N–H and O–H groups in total. The van der Waals surface area contributed by atoms with Crippen LogP contribution in [0.3, 0.4) is 0 Å². The summed E-state index contributed by atoms with van der Waals surface area (Å²) in [6.07, 6.45) is 2.34.